The molecule has 0 unspecified atom stereocenters. The van der Waals surface area contributed by atoms with Gasteiger partial charge in [0.25, 0.3) is 5.91 Å². The molecular formula is C19H20N4O2. The van der Waals surface area contributed by atoms with E-state index < -0.39 is 0 Å². The van der Waals surface area contributed by atoms with Crippen LogP contribution in [0.15, 0.2) is 49.1 Å². The van der Waals surface area contributed by atoms with Crippen LogP contribution < -0.4 is 5.32 Å². The molecule has 0 saturated carbocycles. The standard InChI is InChI=1S/C19H20N4O2/c1-23-12-20-11-16(23)17-10-14(7-9-25-17)22-19(24)18-15-5-3-2-4-13(15)6-8-21-18/h2-6,8,11-12,14,17H,7,9-10H2,1H3,(H,22,24)/t14-,17-/m1/s1. The van der Waals surface area contributed by atoms with Gasteiger partial charge in [0.15, 0.2) is 0 Å². The number of nitrogens with zero attached hydrogens (tertiary/aromatic N) is 3. The number of benzene rings is 1. The van der Waals surface area contributed by atoms with E-state index in [-0.39, 0.29) is 18.1 Å². The lowest BCUT2D eigenvalue weighted by molar-refractivity contribution is -0.00303. The van der Waals surface area contributed by atoms with Crippen LogP contribution in [0.25, 0.3) is 10.8 Å². The number of ether oxygens (including phenoxy) is 1. The minimum Gasteiger partial charge on any atom is -0.372 e. The first kappa shape index (κ1) is 15.8. The summed E-state index contributed by atoms with van der Waals surface area (Å²) in [6.07, 6.45) is 6.75. The van der Waals surface area contributed by atoms with E-state index in [0.717, 1.165) is 29.3 Å². The quantitative estimate of drug-likeness (QED) is 0.798. The van der Waals surface area contributed by atoms with Crippen molar-refractivity contribution in [1.82, 2.24) is 19.9 Å². The molecule has 4 rings (SSSR count). The third kappa shape index (κ3) is 3.13. The molecule has 0 radical (unpaired) electrons. The lowest BCUT2D eigenvalue weighted by Gasteiger charge is -2.30. The molecule has 3 heterocycles. The molecule has 1 aromatic carbocycles. The van der Waals surface area contributed by atoms with Crippen LogP contribution >= 0.6 is 0 Å². The second kappa shape index (κ2) is 6.64. The van der Waals surface area contributed by atoms with Crippen molar-refractivity contribution in [3.05, 3.63) is 60.4 Å². The predicted molar refractivity (Wildman–Crippen MR) is 94.1 cm³/mol. The van der Waals surface area contributed by atoms with Crippen LogP contribution in [-0.4, -0.2) is 33.1 Å². The molecule has 3 aromatic rings. The van der Waals surface area contributed by atoms with E-state index in [0.29, 0.717) is 12.3 Å². The Morgan fingerprint density at radius 1 is 1.32 bits per heavy atom. The highest BCUT2D eigenvalue weighted by atomic mass is 16.5. The van der Waals surface area contributed by atoms with E-state index >= 15 is 0 Å². The van der Waals surface area contributed by atoms with Crippen LogP contribution in [-0.2, 0) is 11.8 Å². The van der Waals surface area contributed by atoms with Crippen molar-refractivity contribution in [3.63, 3.8) is 0 Å². The number of pyridine rings is 1. The molecule has 1 amide bonds. The van der Waals surface area contributed by atoms with Gasteiger partial charge in [-0.15, -0.1) is 0 Å². The van der Waals surface area contributed by atoms with Crippen LogP contribution in [0.4, 0.5) is 0 Å². The smallest absolute Gasteiger partial charge is 0.270 e. The maximum atomic E-state index is 12.8. The summed E-state index contributed by atoms with van der Waals surface area (Å²) >= 11 is 0. The number of carbonyl (C=O) groups excluding carboxylic acids is 1. The Hall–Kier alpha value is -2.73. The number of aryl methyl sites for hydroxylation is 1. The van der Waals surface area contributed by atoms with Crippen molar-refractivity contribution in [2.75, 3.05) is 6.61 Å². The fraction of sp³-hybridized carbons (Fsp3) is 0.316. The molecule has 25 heavy (non-hydrogen) atoms. The van der Waals surface area contributed by atoms with Gasteiger partial charge in [0.05, 0.1) is 18.2 Å². The first-order valence-corrected chi connectivity index (χ1v) is 8.45. The topological polar surface area (TPSA) is 69.0 Å². The molecule has 1 N–H and O–H groups in total. The van der Waals surface area contributed by atoms with Gasteiger partial charge >= 0.3 is 0 Å². The minimum atomic E-state index is -0.132. The number of amides is 1. The number of fused-ring (bicyclic) bond motifs is 1. The fourth-order valence-electron chi connectivity index (χ4n) is 3.37. The first-order chi connectivity index (χ1) is 12.2. The minimum absolute atomic E-state index is 0.0490. The average molecular weight is 336 g/mol. The molecule has 1 fully saturated rings. The summed E-state index contributed by atoms with van der Waals surface area (Å²) in [6, 6.07) is 9.77. The second-order valence-electron chi connectivity index (χ2n) is 6.36. The van der Waals surface area contributed by atoms with Gasteiger partial charge in [0, 0.05) is 31.3 Å². The van der Waals surface area contributed by atoms with Crippen molar-refractivity contribution >= 4 is 16.7 Å². The zero-order chi connectivity index (χ0) is 17.2. The summed E-state index contributed by atoms with van der Waals surface area (Å²) in [5.74, 6) is -0.132. The van der Waals surface area contributed by atoms with E-state index in [1.54, 1.807) is 12.5 Å². The summed E-state index contributed by atoms with van der Waals surface area (Å²) in [7, 11) is 1.95. The molecule has 6 nitrogen and oxygen atoms in total. The van der Waals surface area contributed by atoms with Crippen LogP contribution in [0.2, 0.25) is 0 Å². The maximum Gasteiger partial charge on any atom is 0.270 e. The van der Waals surface area contributed by atoms with Gasteiger partial charge in [-0.1, -0.05) is 24.3 Å². The van der Waals surface area contributed by atoms with Crippen LogP contribution in [0, 0.1) is 0 Å². The van der Waals surface area contributed by atoms with Crippen LogP contribution in [0.1, 0.15) is 35.1 Å². The fourth-order valence-corrected chi connectivity index (χ4v) is 3.37. The lowest BCUT2D eigenvalue weighted by Crippen LogP contribution is -2.40. The summed E-state index contributed by atoms with van der Waals surface area (Å²) < 4.78 is 7.82. The Labute approximate surface area is 145 Å². The number of hydrogen-bond donors (Lipinski definition) is 1. The number of hydrogen-bond acceptors (Lipinski definition) is 4. The molecule has 1 aliphatic rings. The van der Waals surface area contributed by atoms with Crippen molar-refractivity contribution < 1.29 is 9.53 Å². The molecule has 2 atom stereocenters. The molecular weight excluding hydrogens is 316 g/mol. The van der Waals surface area contributed by atoms with Crippen LogP contribution in [0.3, 0.4) is 0 Å². The zero-order valence-electron chi connectivity index (χ0n) is 14.1. The van der Waals surface area contributed by atoms with E-state index in [1.165, 1.54) is 0 Å². The number of nitrogens with one attached hydrogen (secondary N) is 1. The molecule has 1 saturated heterocycles. The van der Waals surface area contributed by atoms with Gasteiger partial charge in [0.2, 0.25) is 0 Å². The van der Waals surface area contributed by atoms with E-state index in [2.05, 4.69) is 15.3 Å². The third-order valence-electron chi connectivity index (χ3n) is 4.69. The van der Waals surface area contributed by atoms with E-state index in [1.807, 2.05) is 48.1 Å². The molecule has 0 aliphatic carbocycles. The molecule has 0 bridgehead atoms. The van der Waals surface area contributed by atoms with E-state index in [4.69, 9.17) is 4.74 Å². The van der Waals surface area contributed by atoms with Crippen molar-refractivity contribution in [2.45, 2.75) is 25.0 Å². The Balaban J connectivity index is 1.51. The van der Waals surface area contributed by atoms with Gasteiger partial charge in [-0.05, 0) is 24.3 Å². The largest absolute Gasteiger partial charge is 0.372 e. The average Bonchev–Trinajstić information content (AvgIpc) is 3.07. The highest BCUT2D eigenvalue weighted by Gasteiger charge is 2.27. The van der Waals surface area contributed by atoms with E-state index in [9.17, 15) is 4.79 Å². The normalized spacial score (nSPS) is 20.5. The highest BCUT2D eigenvalue weighted by molar-refractivity contribution is 6.05. The van der Waals surface area contributed by atoms with Gasteiger partial charge in [-0.2, -0.15) is 0 Å². The summed E-state index contributed by atoms with van der Waals surface area (Å²) in [4.78, 5) is 21.2. The maximum absolute atomic E-state index is 12.8. The Morgan fingerprint density at radius 2 is 2.20 bits per heavy atom. The molecule has 128 valence electrons. The summed E-state index contributed by atoms with van der Waals surface area (Å²) in [6.45, 7) is 0.615. The summed E-state index contributed by atoms with van der Waals surface area (Å²) in [5.41, 5.74) is 1.50. The zero-order valence-corrected chi connectivity index (χ0v) is 14.1. The SMILES string of the molecule is Cn1cncc1[C@H]1C[C@H](NC(=O)c2nccc3ccccc23)CCO1. The summed E-state index contributed by atoms with van der Waals surface area (Å²) in [5, 5.41) is 5.02. The number of rotatable bonds is 3. The Kier molecular flexibility index (Phi) is 4.19. The van der Waals surface area contributed by atoms with Gasteiger partial charge in [-0.25, -0.2) is 4.98 Å². The molecule has 1 aliphatic heterocycles. The highest BCUT2D eigenvalue weighted by Crippen LogP contribution is 2.28. The van der Waals surface area contributed by atoms with Crippen molar-refractivity contribution in [2.24, 2.45) is 7.05 Å². The molecule has 2 aromatic heterocycles. The number of aromatic nitrogens is 3. The predicted octanol–water partition coefficient (Wildman–Crippen LogP) is 2.62. The molecule has 6 heteroatoms. The van der Waals surface area contributed by atoms with Gasteiger partial charge in [0.1, 0.15) is 11.8 Å². The first-order valence-electron chi connectivity index (χ1n) is 8.45. The van der Waals surface area contributed by atoms with Crippen molar-refractivity contribution in [1.29, 1.82) is 0 Å². The second-order valence-corrected chi connectivity index (χ2v) is 6.36. The molecule has 0 spiro atoms. The van der Waals surface area contributed by atoms with Crippen molar-refractivity contribution in [3.8, 4) is 0 Å². The van der Waals surface area contributed by atoms with Gasteiger partial charge < -0.3 is 14.6 Å². The monoisotopic (exact) mass is 336 g/mol. The third-order valence-corrected chi connectivity index (χ3v) is 4.69. The van der Waals surface area contributed by atoms with Crippen LogP contribution in [0.5, 0.6) is 0 Å². The Bertz CT molecular complexity index is 900. The lowest BCUT2D eigenvalue weighted by atomic mass is 10.0. The number of imidazole rings is 1. The Morgan fingerprint density at radius 3 is 3.04 bits per heavy atom. The van der Waals surface area contributed by atoms with Gasteiger partial charge in [-0.3, -0.25) is 9.78 Å². The number of carbonyl (C=O) groups is 1.